The predicted molar refractivity (Wildman–Crippen MR) is 95.9 cm³/mol. The van der Waals surface area contributed by atoms with Crippen LogP contribution in [0, 0.1) is 5.92 Å². The topological polar surface area (TPSA) is 8.81 Å². The fraction of sp³-hybridized carbons (Fsp3) is 0.850. The van der Waals surface area contributed by atoms with E-state index in [1.54, 1.807) is 0 Å². The molecular weight excluding hydrogens is 348 g/mol. The summed E-state index contributed by atoms with van der Waals surface area (Å²) in [6.45, 7) is 5.84. The molecule has 0 saturated heterocycles. The van der Waals surface area contributed by atoms with Crippen LogP contribution in [0.5, 0.6) is 0 Å². The van der Waals surface area contributed by atoms with Gasteiger partial charge in [-0.05, 0) is 18.8 Å². The molecule has 0 amide bonds. The highest BCUT2D eigenvalue weighted by molar-refractivity contribution is 4.62. The second kappa shape index (κ2) is 15.2. The van der Waals surface area contributed by atoms with Crippen molar-refractivity contribution in [2.75, 3.05) is 0 Å². The zero-order chi connectivity index (χ0) is 16.0. The molecule has 0 aliphatic rings. The third-order valence-corrected chi connectivity index (χ3v) is 4.52. The van der Waals surface area contributed by atoms with E-state index in [9.17, 15) is 0 Å². The van der Waals surface area contributed by atoms with Gasteiger partial charge in [0.05, 0.1) is 13.6 Å². The summed E-state index contributed by atoms with van der Waals surface area (Å²) >= 11 is 0. The number of halogens is 1. The van der Waals surface area contributed by atoms with Crippen LogP contribution in [-0.4, -0.2) is 4.57 Å². The Morgan fingerprint density at radius 1 is 0.783 bits per heavy atom. The lowest BCUT2D eigenvalue weighted by Crippen LogP contribution is -3.00. The lowest BCUT2D eigenvalue weighted by molar-refractivity contribution is -0.696. The summed E-state index contributed by atoms with van der Waals surface area (Å²) in [6, 6.07) is 0. The van der Waals surface area contributed by atoms with Gasteiger partial charge in [-0.15, -0.1) is 0 Å². The number of unbranched alkanes of at least 4 members (excludes halogenated alkanes) is 10. The maximum Gasteiger partial charge on any atom is 0.243 e. The molecule has 0 N–H and O–H groups in total. The summed E-state index contributed by atoms with van der Waals surface area (Å²) in [5.41, 5.74) is 0. The van der Waals surface area contributed by atoms with Gasteiger partial charge in [0, 0.05) is 0 Å². The van der Waals surface area contributed by atoms with E-state index >= 15 is 0 Å². The van der Waals surface area contributed by atoms with Crippen LogP contribution in [0.15, 0.2) is 18.7 Å². The first-order valence-electron chi connectivity index (χ1n) is 9.69. The molecule has 2 nitrogen and oxygen atoms in total. The molecule has 0 aromatic carbocycles. The molecule has 0 bridgehead atoms. The van der Waals surface area contributed by atoms with Gasteiger partial charge < -0.3 is 17.0 Å². The molecule has 3 heteroatoms. The second-order valence-corrected chi connectivity index (χ2v) is 7.39. The Bertz CT molecular complexity index is 360. The normalized spacial score (nSPS) is 11.0. The molecule has 0 spiro atoms. The van der Waals surface area contributed by atoms with Crippen molar-refractivity contribution in [2.45, 2.75) is 97.4 Å². The van der Waals surface area contributed by atoms with Gasteiger partial charge in [-0.25, -0.2) is 9.13 Å². The Hall–Kier alpha value is -0.310. The van der Waals surface area contributed by atoms with Crippen molar-refractivity contribution >= 4 is 0 Å². The number of rotatable bonds is 14. The molecular formula is C20H39BrN2. The molecule has 23 heavy (non-hydrogen) atoms. The number of hydrogen-bond acceptors (Lipinski definition) is 0. The zero-order valence-corrected chi connectivity index (χ0v) is 17.4. The average Bonchev–Trinajstić information content (AvgIpc) is 2.89. The Kier molecular flexibility index (Phi) is 15.0. The lowest BCUT2D eigenvalue weighted by Gasteiger charge is -2.04. The summed E-state index contributed by atoms with van der Waals surface area (Å²) in [5.74, 6) is 0.889. The van der Waals surface area contributed by atoms with E-state index in [4.69, 9.17) is 0 Å². The van der Waals surface area contributed by atoms with Gasteiger partial charge in [0.1, 0.15) is 12.4 Å². The van der Waals surface area contributed by atoms with E-state index in [0.29, 0.717) is 0 Å². The predicted octanol–water partition coefficient (Wildman–Crippen LogP) is 2.65. The minimum Gasteiger partial charge on any atom is -1.00 e. The van der Waals surface area contributed by atoms with Crippen molar-refractivity contribution in [3.05, 3.63) is 18.7 Å². The van der Waals surface area contributed by atoms with Crippen LogP contribution < -0.4 is 21.5 Å². The maximum absolute atomic E-state index is 2.33. The van der Waals surface area contributed by atoms with Crippen LogP contribution >= 0.6 is 0 Å². The van der Waals surface area contributed by atoms with Gasteiger partial charge in [0.15, 0.2) is 0 Å². The van der Waals surface area contributed by atoms with Crippen molar-refractivity contribution in [3.8, 4) is 0 Å². The van der Waals surface area contributed by atoms with Crippen LogP contribution in [0.25, 0.3) is 0 Å². The average molecular weight is 387 g/mol. The molecule has 0 fully saturated rings. The van der Waals surface area contributed by atoms with Crippen LogP contribution in [-0.2, 0) is 13.6 Å². The van der Waals surface area contributed by atoms with E-state index in [1.807, 2.05) is 0 Å². The van der Waals surface area contributed by atoms with Crippen LogP contribution in [0.4, 0.5) is 0 Å². The molecule has 1 aromatic heterocycles. The van der Waals surface area contributed by atoms with Crippen molar-refractivity contribution < 1.29 is 21.5 Å². The molecule has 1 rings (SSSR count). The molecule has 1 heterocycles. The third-order valence-electron chi connectivity index (χ3n) is 4.52. The number of aromatic nitrogens is 2. The van der Waals surface area contributed by atoms with Gasteiger partial charge in [-0.2, -0.15) is 0 Å². The van der Waals surface area contributed by atoms with Gasteiger partial charge in [-0.1, -0.05) is 78.1 Å². The minimum absolute atomic E-state index is 0. The fourth-order valence-electron chi connectivity index (χ4n) is 3.07. The molecule has 136 valence electrons. The summed E-state index contributed by atoms with van der Waals surface area (Å²) in [7, 11) is 2.08. The molecule has 0 radical (unpaired) electrons. The first-order chi connectivity index (χ1) is 10.7. The summed E-state index contributed by atoms with van der Waals surface area (Å²) in [4.78, 5) is 0. The van der Waals surface area contributed by atoms with E-state index in [-0.39, 0.29) is 17.0 Å². The highest BCUT2D eigenvalue weighted by Crippen LogP contribution is 2.13. The highest BCUT2D eigenvalue weighted by atomic mass is 79.9. The van der Waals surface area contributed by atoms with E-state index in [2.05, 4.69) is 48.8 Å². The third kappa shape index (κ3) is 13.8. The quantitative estimate of drug-likeness (QED) is 0.343. The molecule has 0 atom stereocenters. The molecule has 0 saturated carbocycles. The van der Waals surface area contributed by atoms with Crippen LogP contribution in [0.2, 0.25) is 0 Å². The summed E-state index contributed by atoms with van der Waals surface area (Å²) in [5, 5.41) is 0. The fourth-order valence-corrected chi connectivity index (χ4v) is 3.07. The van der Waals surface area contributed by atoms with E-state index in [1.165, 1.54) is 83.6 Å². The molecule has 0 aliphatic heterocycles. The van der Waals surface area contributed by atoms with Crippen LogP contribution in [0.3, 0.4) is 0 Å². The lowest BCUT2D eigenvalue weighted by atomic mass is 10.0. The second-order valence-electron chi connectivity index (χ2n) is 7.39. The Morgan fingerprint density at radius 2 is 1.26 bits per heavy atom. The summed E-state index contributed by atoms with van der Waals surface area (Å²) in [6.07, 6.45) is 23.6. The van der Waals surface area contributed by atoms with Gasteiger partial charge >= 0.3 is 0 Å². The van der Waals surface area contributed by atoms with Gasteiger partial charge in [0.25, 0.3) is 0 Å². The van der Waals surface area contributed by atoms with Crippen molar-refractivity contribution in [1.82, 2.24) is 4.57 Å². The number of aryl methyl sites for hydroxylation is 2. The van der Waals surface area contributed by atoms with E-state index < -0.39 is 0 Å². The number of hydrogen-bond donors (Lipinski definition) is 0. The largest absolute Gasteiger partial charge is 1.00 e. The molecule has 0 aliphatic carbocycles. The number of nitrogens with zero attached hydrogens (tertiary/aromatic N) is 2. The smallest absolute Gasteiger partial charge is 0.243 e. The van der Waals surface area contributed by atoms with Crippen molar-refractivity contribution in [3.63, 3.8) is 0 Å². The van der Waals surface area contributed by atoms with Gasteiger partial charge in [0.2, 0.25) is 6.33 Å². The molecule has 0 unspecified atom stereocenters. The summed E-state index contributed by atoms with van der Waals surface area (Å²) < 4.78 is 4.40. The van der Waals surface area contributed by atoms with Crippen molar-refractivity contribution in [2.24, 2.45) is 13.0 Å². The van der Waals surface area contributed by atoms with Crippen LogP contribution in [0.1, 0.15) is 90.9 Å². The monoisotopic (exact) mass is 386 g/mol. The Balaban J connectivity index is 0.00000484. The SMILES string of the molecule is CC(C)CCCCCCCCCCCCC[n+]1ccn(C)c1.[Br-]. The minimum atomic E-state index is 0. The Labute approximate surface area is 155 Å². The maximum atomic E-state index is 2.33. The zero-order valence-electron chi connectivity index (χ0n) is 15.8. The highest BCUT2D eigenvalue weighted by Gasteiger charge is 1.99. The first-order valence-corrected chi connectivity index (χ1v) is 9.69. The number of imidazole rings is 1. The first kappa shape index (κ1) is 22.7. The molecule has 1 aromatic rings. The van der Waals surface area contributed by atoms with Crippen molar-refractivity contribution in [1.29, 1.82) is 0 Å². The van der Waals surface area contributed by atoms with E-state index in [0.717, 1.165) is 5.92 Å². The Morgan fingerprint density at radius 3 is 1.70 bits per heavy atom. The standard InChI is InChI=1S/C20H39N2.BrH/c1-20(2)15-13-11-9-7-5-4-6-8-10-12-14-16-22-18-17-21(3)19-22;/h17-20H,4-16H2,1-3H3;1H/q+1;/p-1. The van der Waals surface area contributed by atoms with Gasteiger partial charge in [-0.3, -0.25) is 0 Å².